The average molecular weight is 425 g/mol. The smallest absolute Gasteiger partial charge is 0.251 e. The van der Waals surface area contributed by atoms with Crippen LogP contribution in [0.15, 0.2) is 73.3 Å². The zero-order valence-electron chi connectivity index (χ0n) is 17.9. The van der Waals surface area contributed by atoms with Crippen LogP contribution in [0.4, 0.5) is 0 Å². The standard InChI is InChI=1S/C25H23N5O2/c1-17-8-9-23-27-21(15-30(23)13-17)16-32-22-7-3-6-19(11-22)25(31)26-12-20-14-29-10-4-5-18(2)24(29)28-20/h3-11,13-15H,12,16H2,1-2H3,(H,26,31). The van der Waals surface area contributed by atoms with E-state index in [0.29, 0.717) is 24.5 Å². The van der Waals surface area contributed by atoms with Crippen LogP contribution in [0.2, 0.25) is 0 Å². The summed E-state index contributed by atoms with van der Waals surface area (Å²) in [5.74, 6) is 0.446. The summed E-state index contributed by atoms with van der Waals surface area (Å²) in [6.07, 6.45) is 7.86. The molecule has 0 saturated carbocycles. The number of ether oxygens (including phenoxy) is 1. The van der Waals surface area contributed by atoms with Gasteiger partial charge < -0.3 is 18.9 Å². The predicted molar refractivity (Wildman–Crippen MR) is 122 cm³/mol. The van der Waals surface area contributed by atoms with Crippen LogP contribution >= 0.6 is 0 Å². The van der Waals surface area contributed by atoms with E-state index in [2.05, 4.69) is 15.3 Å². The van der Waals surface area contributed by atoms with Crippen molar-refractivity contribution in [3.8, 4) is 5.75 Å². The molecule has 32 heavy (non-hydrogen) atoms. The Morgan fingerprint density at radius 2 is 1.84 bits per heavy atom. The Labute approximate surface area is 185 Å². The number of amides is 1. The molecule has 160 valence electrons. The van der Waals surface area contributed by atoms with Gasteiger partial charge in [0.05, 0.1) is 17.9 Å². The molecule has 4 heterocycles. The number of imidazole rings is 2. The van der Waals surface area contributed by atoms with Crippen LogP contribution in [0.1, 0.15) is 32.9 Å². The maximum Gasteiger partial charge on any atom is 0.251 e. The van der Waals surface area contributed by atoms with Crippen LogP contribution in [-0.2, 0) is 13.2 Å². The third kappa shape index (κ3) is 4.05. The van der Waals surface area contributed by atoms with Crippen molar-refractivity contribution in [2.45, 2.75) is 27.0 Å². The first kappa shape index (κ1) is 19.8. The van der Waals surface area contributed by atoms with E-state index in [-0.39, 0.29) is 5.91 Å². The Kier molecular flexibility index (Phi) is 5.07. The first-order valence-electron chi connectivity index (χ1n) is 10.4. The predicted octanol–water partition coefficient (Wildman–Crippen LogP) is 4.11. The number of nitrogens with zero attached hydrogens (tertiary/aromatic N) is 4. The highest BCUT2D eigenvalue weighted by atomic mass is 16.5. The Bertz CT molecular complexity index is 1430. The van der Waals surface area contributed by atoms with Crippen LogP contribution in [-0.4, -0.2) is 24.7 Å². The molecule has 1 aromatic carbocycles. The lowest BCUT2D eigenvalue weighted by Gasteiger charge is -2.07. The highest BCUT2D eigenvalue weighted by molar-refractivity contribution is 5.94. The van der Waals surface area contributed by atoms with Gasteiger partial charge >= 0.3 is 0 Å². The van der Waals surface area contributed by atoms with Gasteiger partial charge in [-0.2, -0.15) is 0 Å². The van der Waals surface area contributed by atoms with Gasteiger partial charge in [0.25, 0.3) is 5.91 Å². The first-order chi connectivity index (χ1) is 15.5. The van der Waals surface area contributed by atoms with Crippen LogP contribution in [0.5, 0.6) is 5.75 Å². The van der Waals surface area contributed by atoms with Crippen LogP contribution in [0.25, 0.3) is 11.3 Å². The quantitative estimate of drug-likeness (QED) is 0.444. The molecule has 0 radical (unpaired) electrons. The van der Waals surface area contributed by atoms with Gasteiger partial charge in [0.2, 0.25) is 0 Å². The van der Waals surface area contributed by atoms with Gasteiger partial charge in [-0.1, -0.05) is 18.2 Å². The van der Waals surface area contributed by atoms with Crippen molar-refractivity contribution >= 4 is 17.2 Å². The number of benzene rings is 1. The minimum Gasteiger partial charge on any atom is -0.487 e. The van der Waals surface area contributed by atoms with E-state index in [0.717, 1.165) is 28.2 Å². The molecule has 0 unspecified atom stereocenters. The summed E-state index contributed by atoms with van der Waals surface area (Å²) in [5.41, 5.74) is 6.21. The van der Waals surface area contributed by atoms with Crippen molar-refractivity contribution in [2.75, 3.05) is 0 Å². The van der Waals surface area contributed by atoms with Gasteiger partial charge in [-0.3, -0.25) is 4.79 Å². The van der Waals surface area contributed by atoms with Gasteiger partial charge in [0, 0.05) is 30.4 Å². The number of carbonyl (C=O) groups excluding carboxylic acids is 1. The molecule has 0 aliphatic heterocycles. The largest absolute Gasteiger partial charge is 0.487 e. The number of fused-ring (bicyclic) bond motifs is 2. The molecule has 0 spiro atoms. The van der Waals surface area contributed by atoms with Crippen molar-refractivity contribution in [1.29, 1.82) is 0 Å². The molecule has 0 aliphatic carbocycles. The molecule has 0 saturated heterocycles. The van der Waals surface area contributed by atoms with Gasteiger partial charge in [0.15, 0.2) is 0 Å². The molecule has 0 aliphatic rings. The lowest BCUT2D eigenvalue weighted by atomic mass is 10.2. The number of nitrogens with one attached hydrogen (secondary N) is 1. The van der Waals surface area contributed by atoms with Crippen LogP contribution < -0.4 is 10.1 Å². The zero-order chi connectivity index (χ0) is 22.1. The second-order valence-electron chi connectivity index (χ2n) is 7.86. The second kappa shape index (κ2) is 8.19. The fraction of sp³-hybridized carbons (Fsp3) is 0.160. The molecule has 5 rings (SSSR count). The molecule has 1 N–H and O–H groups in total. The molecular formula is C25H23N5O2. The summed E-state index contributed by atoms with van der Waals surface area (Å²) in [6.45, 7) is 4.74. The first-order valence-corrected chi connectivity index (χ1v) is 10.4. The molecule has 0 bridgehead atoms. The van der Waals surface area contributed by atoms with Gasteiger partial charge in [0.1, 0.15) is 23.7 Å². The number of hydrogen-bond acceptors (Lipinski definition) is 4. The number of hydrogen-bond donors (Lipinski definition) is 1. The van der Waals surface area contributed by atoms with Gasteiger partial charge in [-0.25, -0.2) is 9.97 Å². The molecular weight excluding hydrogens is 402 g/mol. The van der Waals surface area contributed by atoms with Gasteiger partial charge in [-0.15, -0.1) is 0 Å². The summed E-state index contributed by atoms with van der Waals surface area (Å²) >= 11 is 0. The number of aromatic nitrogens is 4. The number of pyridine rings is 2. The van der Waals surface area contributed by atoms with E-state index in [1.807, 2.05) is 83.8 Å². The molecule has 0 atom stereocenters. The maximum atomic E-state index is 12.7. The normalized spacial score (nSPS) is 11.2. The Morgan fingerprint density at radius 3 is 2.72 bits per heavy atom. The monoisotopic (exact) mass is 425 g/mol. The second-order valence-corrected chi connectivity index (χ2v) is 7.86. The third-order valence-corrected chi connectivity index (χ3v) is 5.29. The zero-order valence-corrected chi connectivity index (χ0v) is 17.9. The van der Waals surface area contributed by atoms with Gasteiger partial charge in [-0.05, 0) is 55.3 Å². The number of rotatable bonds is 6. The summed E-state index contributed by atoms with van der Waals surface area (Å²) in [6, 6.07) is 15.2. The summed E-state index contributed by atoms with van der Waals surface area (Å²) in [7, 11) is 0. The Hall–Kier alpha value is -4.13. The molecule has 5 aromatic rings. The topological polar surface area (TPSA) is 72.9 Å². The van der Waals surface area contributed by atoms with E-state index in [1.54, 1.807) is 12.1 Å². The third-order valence-electron chi connectivity index (χ3n) is 5.29. The van der Waals surface area contributed by atoms with Crippen molar-refractivity contribution < 1.29 is 9.53 Å². The summed E-state index contributed by atoms with van der Waals surface area (Å²) in [4.78, 5) is 21.8. The van der Waals surface area contributed by atoms with Crippen molar-refractivity contribution in [3.63, 3.8) is 0 Å². The molecule has 0 fully saturated rings. The van der Waals surface area contributed by atoms with Crippen molar-refractivity contribution in [3.05, 3.63) is 101 Å². The van der Waals surface area contributed by atoms with E-state index in [4.69, 9.17) is 4.74 Å². The van der Waals surface area contributed by atoms with Crippen molar-refractivity contribution in [1.82, 2.24) is 24.1 Å². The van der Waals surface area contributed by atoms with E-state index in [9.17, 15) is 4.79 Å². The van der Waals surface area contributed by atoms with Crippen molar-refractivity contribution in [2.24, 2.45) is 0 Å². The number of aryl methyl sites for hydroxylation is 2. The average Bonchev–Trinajstić information content (AvgIpc) is 3.40. The molecule has 7 nitrogen and oxygen atoms in total. The molecule has 4 aromatic heterocycles. The summed E-state index contributed by atoms with van der Waals surface area (Å²) in [5, 5.41) is 2.93. The fourth-order valence-electron chi connectivity index (χ4n) is 3.67. The number of carbonyl (C=O) groups is 1. The van der Waals surface area contributed by atoms with E-state index >= 15 is 0 Å². The minimum atomic E-state index is -0.174. The summed E-state index contributed by atoms with van der Waals surface area (Å²) < 4.78 is 9.84. The lowest BCUT2D eigenvalue weighted by molar-refractivity contribution is 0.0950. The lowest BCUT2D eigenvalue weighted by Crippen LogP contribution is -2.22. The van der Waals surface area contributed by atoms with E-state index < -0.39 is 0 Å². The molecule has 1 amide bonds. The fourth-order valence-corrected chi connectivity index (χ4v) is 3.67. The minimum absolute atomic E-state index is 0.174. The highest BCUT2D eigenvalue weighted by Gasteiger charge is 2.10. The van der Waals surface area contributed by atoms with Crippen LogP contribution in [0, 0.1) is 13.8 Å². The van der Waals surface area contributed by atoms with Crippen LogP contribution in [0.3, 0.4) is 0 Å². The SMILES string of the molecule is Cc1ccc2nc(COc3cccc(C(=O)NCc4cn5cccc(C)c5n4)c3)cn2c1. The van der Waals surface area contributed by atoms with E-state index in [1.165, 1.54) is 5.56 Å². The molecule has 7 heteroatoms. The maximum absolute atomic E-state index is 12.7. The highest BCUT2D eigenvalue weighted by Crippen LogP contribution is 2.16. The Morgan fingerprint density at radius 1 is 0.969 bits per heavy atom. The Balaban J connectivity index is 1.23.